The molecule has 6 N–H and O–H groups in total. The van der Waals surface area contributed by atoms with Gasteiger partial charge in [0.1, 0.15) is 42.7 Å². The van der Waals surface area contributed by atoms with Gasteiger partial charge in [0.2, 0.25) is 0 Å². The first-order valence-corrected chi connectivity index (χ1v) is 25.0. The number of hydrogen-bond acceptors (Lipinski definition) is 11. The maximum absolute atomic E-state index is 12.8. The highest BCUT2D eigenvalue weighted by Crippen LogP contribution is 2.47. The molecule has 6 atom stereocenters. The molecule has 1 rings (SSSR count). The molecular formula is C45H87O12P. The Balaban J connectivity index is 2.35. The molecule has 0 radical (unpaired) electrons. The Kier molecular flexibility index (Phi) is 34.9. The summed E-state index contributed by atoms with van der Waals surface area (Å²) in [5.74, 6) is -0.484. The van der Waals surface area contributed by atoms with Crippen LogP contribution >= 0.6 is 7.82 Å². The SMILES string of the molecule is CCCCC/C=C\CCCCCCCC(=O)OC(COCCCCCCCCCCCCCCCCCCCCC)COP(=O)(O)OC1C(O)C(O)C(O)C(O)C1O. The molecule has 344 valence electrons. The van der Waals surface area contributed by atoms with Crippen LogP contribution in [0.1, 0.15) is 206 Å². The summed E-state index contributed by atoms with van der Waals surface area (Å²) in [7, 11) is -5.01. The number of rotatable bonds is 40. The van der Waals surface area contributed by atoms with E-state index >= 15 is 0 Å². The topological polar surface area (TPSA) is 192 Å². The fraction of sp³-hybridized carbons (Fsp3) is 0.933. The highest BCUT2D eigenvalue weighted by atomic mass is 31.2. The minimum Gasteiger partial charge on any atom is -0.457 e. The van der Waals surface area contributed by atoms with Gasteiger partial charge in [-0.25, -0.2) is 4.57 Å². The molecule has 0 aliphatic heterocycles. The Morgan fingerprint density at radius 1 is 0.534 bits per heavy atom. The number of ether oxygens (including phenoxy) is 2. The third-order valence-electron chi connectivity index (χ3n) is 11.1. The quantitative estimate of drug-likeness (QED) is 0.0148. The molecule has 58 heavy (non-hydrogen) atoms. The van der Waals surface area contributed by atoms with E-state index in [1.54, 1.807) is 0 Å². The van der Waals surface area contributed by atoms with E-state index in [0.717, 1.165) is 57.8 Å². The highest BCUT2D eigenvalue weighted by molar-refractivity contribution is 7.47. The van der Waals surface area contributed by atoms with Crippen molar-refractivity contribution in [3.8, 4) is 0 Å². The lowest BCUT2D eigenvalue weighted by Gasteiger charge is -2.41. The van der Waals surface area contributed by atoms with Gasteiger partial charge in [0.25, 0.3) is 0 Å². The summed E-state index contributed by atoms with van der Waals surface area (Å²) in [6.45, 7) is 4.25. The predicted octanol–water partition coefficient (Wildman–Crippen LogP) is 9.53. The van der Waals surface area contributed by atoms with Crippen molar-refractivity contribution in [2.75, 3.05) is 19.8 Å². The number of aliphatic hydroxyl groups excluding tert-OH is 5. The summed E-state index contributed by atoms with van der Waals surface area (Å²) in [5, 5.41) is 50.1. The summed E-state index contributed by atoms with van der Waals surface area (Å²) in [4.78, 5) is 23.1. The zero-order valence-corrected chi connectivity index (χ0v) is 37.5. The van der Waals surface area contributed by atoms with Gasteiger partial charge in [0, 0.05) is 13.0 Å². The van der Waals surface area contributed by atoms with Gasteiger partial charge in [-0.2, -0.15) is 0 Å². The van der Waals surface area contributed by atoms with Crippen LogP contribution in [0.4, 0.5) is 0 Å². The Labute approximate surface area is 352 Å². The number of allylic oxidation sites excluding steroid dienone is 2. The molecule has 0 saturated heterocycles. The average molecular weight is 851 g/mol. The van der Waals surface area contributed by atoms with Gasteiger partial charge in [-0.05, 0) is 38.5 Å². The van der Waals surface area contributed by atoms with Gasteiger partial charge in [-0.3, -0.25) is 13.8 Å². The number of aliphatic hydroxyl groups is 5. The molecule has 1 saturated carbocycles. The monoisotopic (exact) mass is 851 g/mol. The van der Waals surface area contributed by atoms with Crippen molar-refractivity contribution >= 4 is 13.8 Å². The normalized spacial score (nSPS) is 22.7. The molecule has 0 bridgehead atoms. The largest absolute Gasteiger partial charge is 0.472 e. The van der Waals surface area contributed by atoms with Gasteiger partial charge in [-0.15, -0.1) is 0 Å². The van der Waals surface area contributed by atoms with Gasteiger partial charge < -0.3 is 39.9 Å². The number of phosphoric ester groups is 1. The van der Waals surface area contributed by atoms with Crippen molar-refractivity contribution in [1.29, 1.82) is 0 Å². The van der Waals surface area contributed by atoms with Gasteiger partial charge in [0.05, 0.1) is 13.2 Å². The van der Waals surface area contributed by atoms with Gasteiger partial charge in [-0.1, -0.05) is 174 Å². The molecule has 0 aromatic heterocycles. The predicted molar refractivity (Wildman–Crippen MR) is 230 cm³/mol. The molecule has 1 aliphatic rings. The second-order valence-corrected chi connectivity index (χ2v) is 18.0. The molecule has 6 unspecified atom stereocenters. The average Bonchev–Trinajstić information content (AvgIpc) is 3.21. The second-order valence-electron chi connectivity index (χ2n) is 16.6. The fourth-order valence-electron chi connectivity index (χ4n) is 7.35. The molecule has 13 heteroatoms. The van der Waals surface area contributed by atoms with E-state index in [1.807, 2.05) is 0 Å². The van der Waals surface area contributed by atoms with E-state index in [4.69, 9.17) is 18.5 Å². The smallest absolute Gasteiger partial charge is 0.457 e. The number of hydrogen-bond donors (Lipinski definition) is 6. The molecule has 0 amide bonds. The molecule has 1 aliphatic carbocycles. The minimum atomic E-state index is -5.01. The van der Waals surface area contributed by atoms with Crippen LogP contribution in [0.25, 0.3) is 0 Å². The zero-order chi connectivity index (χ0) is 42.7. The maximum Gasteiger partial charge on any atom is 0.472 e. The number of esters is 1. The lowest BCUT2D eigenvalue weighted by atomic mass is 9.85. The first-order chi connectivity index (χ1) is 28.0. The van der Waals surface area contributed by atoms with E-state index in [1.165, 1.54) is 122 Å². The van der Waals surface area contributed by atoms with Crippen molar-refractivity contribution < 1.29 is 58.3 Å². The highest BCUT2D eigenvalue weighted by Gasteiger charge is 2.51. The summed E-state index contributed by atoms with van der Waals surface area (Å²) >= 11 is 0. The van der Waals surface area contributed by atoms with E-state index < -0.39 is 63.1 Å². The van der Waals surface area contributed by atoms with E-state index in [9.17, 15) is 39.8 Å². The van der Waals surface area contributed by atoms with Crippen LogP contribution in [0.5, 0.6) is 0 Å². The Morgan fingerprint density at radius 2 is 0.914 bits per heavy atom. The van der Waals surface area contributed by atoms with Crippen molar-refractivity contribution in [2.24, 2.45) is 0 Å². The van der Waals surface area contributed by atoms with Crippen LogP contribution in [-0.4, -0.2) is 98.9 Å². The lowest BCUT2D eigenvalue weighted by molar-refractivity contribution is -0.220. The number of carbonyl (C=O) groups is 1. The molecular weight excluding hydrogens is 763 g/mol. The number of unbranched alkanes of at least 4 members (excludes halogenated alkanes) is 26. The molecule has 0 heterocycles. The van der Waals surface area contributed by atoms with Crippen molar-refractivity contribution in [2.45, 2.75) is 249 Å². The molecule has 12 nitrogen and oxygen atoms in total. The Hall–Kier alpha value is -0.920. The van der Waals surface area contributed by atoms with Crippen LogP contribution < -0.4 is 0 Å². The second kappa shape index (κ2) is 36.7. The molecule has 0 aromatic carbocycles. The Bertz CT molecular complexity index is 1020. The van der Waals surface area contributed by atoms with E-state index in [2.05, 4.69) is 26.0 Å². The summed E-state index contributed by atoms with van der Waals surface area (Å²) in [6, 6.07) is 0. The van der Waals surface area contributed by atoms with Crippen LogP contribution in [0, 0.1) is 0 Å². The summed E-state index contributed by atoms with van der Waals surface area (Å²) in [5.41, 5.74) is 0. The maximum atomic E-state index is 12.8. The molecule has 1 fully saturated rings. The summed E-state index contributed by atoms with van der Waals surface area (Å²) in [6.07, 6.45) is 27.2. The van der Waals surface area contributed by atoms with Gasteiger partial charge in [0.15, 0.2) is 0 Å². The number of carbonyl (C=O) groups excluding carboxylic acids is 1. The lowest BCUT2D eigenvalue weighted by Crippen LogP contribution is -2.64. The van der Waals surface area contributed by atoms with E-state index in [-0.39, 0.29) is 13.0 Å². The van der Waals surface area contributed by atoms with Crippen LogP contribution in [0.3, 0.4) is 0 Å². The molecule has 0 spiro atoms. The fourth-order valence-corrected chi connectivity index (χ4v) is 8.32. The first kappa shape index (κ1) is 55.1. The third-order valence-corrected chi connectivity index (χ3v) is 12.1. The standard InChI is InChI=1S/C45H87O12P/c1-3-5-7-9-11-13-15-17-18-19-20-21-22-23-25-27-29-31-33-35-54-36-38(56-39(46)34-32-30-28-26-24-16-14-12-10-8-6-4-2)37-55-58(52,53)57-45-43(50)41(48)40(47)42(49)44(45)51/h12,14,38,40-45,47-51H,3-11,13,15-37H2,1-2H3,(H,52,53)/b14-12-. The van der Waals surface area contributed by atoms with Crippen molar-refractivity contribution in [3.63, 3.8) is 0 Å². The molecule has 0 aromatic rings. The van der Waals surface area contributed by atoms with E-state index in [0.29, 0.717) is 13.0 Å². The van der Waals surface area contributed by atoms with Gasteiger partial charge >= 0.3 is 13.8 Å². The zero-order valence-electron chi connectivity index (χ0n) is 36.6. The van der Waals surface area contributed by atoms with Crippen molar-refractivity contribution in [3.05, 3.63) is 12.2 Å². The van der Waals surface area contributed by atoms with Crippen LogP contribution in [0.2, 0.25) is 0 Å². The van der Waals surface area contributed by atoms with Crippen molar-refractivity contribution in [1.82, 2.24) is 0 Å². The third kappa shape index (κ3) is 28.6. The van der Waals surface area contributed by atoms with Crippen LogP contribution in [0.15, 0.2) is 12.2 Å². The van der Waals surface area contributed by atoms with Crippen LogP contribution in [-0.2, 0) is 27.9 Å². The minimum absolute atomic E-state index is 0.0744. The summed E-state index contributed by atoms with van der Waals surface area (Å²) < 4.78 is 34.2. The first-order valence-electron chi connectivity index (χ1n) is 23.5. The Morgan fingerprint density at radius 3 is 1.40 bits per heavy atom. The number of phosphoric acid groups is 1.